The van der Waals surface area contributed by atoms with Gasteiger partial charge < -0.3 is 10.2 Å². The first kappa shape index (κ1) is 15.0. The van der Waals surface area contributed by atoms with Gasteiger partial charge in [0.15, 0.2) is 0 Å². The minimum Gasteiger partial charge on any atom is -0.367 e. The van der Waals surface area contributed by atoms with Gasteiger partial charge in [-0.2, -0.15) is 4.31 Å². The zero-order valence-corrected chi connectivity index (χ0v) is 13.3. The van der Waals surface area contributed by atoms with E-state index < -0.39 is 10.0 Å². The van der Waals surface area contributed by atoms with Crippen molar-refractivity contribution in [1.82, 2.24) is 14.6 Å². The van der Waals surface area contributed by atoms with E-state index in [9.17, 15) is 8.42 Å². The third-order valence-electron chi connectivity index (χ3n) is 3.96. The molecule has 2 aliphatic heterocycles. The monoisotopic (exact) mass is 330 g/mol. The van der Waals surface area contributed by atoms with Gasteiger partial charge in [-0.3, -0.25) is 4.98 Å². The van der Waals surface area contributed by atoms with Crippen LogP contribution < -0.4 is 10.2 Å². The Bertz CT molecular complexity index is 611. The second-order valence-electron chi connectivity index (χ2n) is 5.32. The van der Waals surface area contributed by atoms with Crippen molar-refractivity contribution in [2.45, 2.75) is 17.7 Å². The lowest BCUT2D eigenvalue weighted by atomic mass is 10.3. The molecule has 2 saturated heterocycles. The van der Waals surface area contributed by atoms with E-state index in [2.05, 4.69) is 10.3 Å². The van der Waals surface area contributed by atoms with Gasteiger partial charge in [0.05, 0.1) is 10.7 Å². The number of hydrogen-bond donors (Lipinski definition) is 1. The maximum atomic E-state index is 12.8. The van der Waals surface area contributed by atoms with Gasteiger partial charge in [-0.05, 0) is 12.8 Å². The van der Waals surface area contributed by atoms with Crippen molar-refractivity contribution in [1.29, 1.82) is 0 Å². The van der Waals surface area contributed by atoms with Crippen LogP contribution in [-0.4, -0.2) is 57.0 Å². The minimum absolute atomic E-state index is 0.235. The van der Waals surface area contributed by atoms with Crippen LogP contribution in [-0.2, 0) is 10.0 Å². The fourth-order valence-electron chi connectivity index (χ4n) is 2.86. The highest BCUT2D eigenvalue weighted by Gasteiger charge is 2.32. The highest BCUT2D eigenvalue weighted by atomic mass is 35.5. The van der Waals surface area contributed by atoms with E-state index in [1.54, 1.807) is 0 Å². The fourth-order valence-corrected chi connectivity index (χ4v) is 4.89. The molecule has 0 aliphatic carbocycles. The molecular weight excluding hydrogens is 312 g/mol. The lowest BCUT2D eigenvalue weighted by molar-refractivity contribution is 0.476. The third kappa shape index (κ3) is 2.88. The van der Waals surface area contributed by atoms with E-state index in [4.69, 9.17) is 11.6 Å². The van der Waals surface area contributed by atoms with E-state index in [1.165, 1.54) is 16.7 Å². The van der Waals surface area contributed by atoms with Crippen molar-refractivity contribution in [3.05, 3.63) is 17.4 Å². The molecule has 0 saturated carbocycles. The second-order valence-corrected chi connectivity index (χ2v) is 7.63. The Balaban J connectivity index is 2.03. The average Bonchev–Trinajstić information content (AvgIpc) is 3.03. The minimum atomic E-state index is -3.52. The van der Waals surface area contributed by atoms with E-state index in [0.29, 0.717) is 23.8 Å². The zero-order valence-electron chi connectivity index (χ0n) is 11.8. The van der Waals surface area contributed by atoms with Gasteiger partial charge in [0.25, 0.3) is 0 Å². The fraction of sp³-hybridized carbons (Fsp3) is 0.615. The standard InChI is InChI=1S/C13H19ClN4O2S/c14-11-9-16-10-12(13(11)17-7-3-15-4-8-17)21(19,20)18-5-1-2-6-18/h9-10,15H,1-8H2. The van der Waals surface area contributed by atoms with E-state index in [1.807, 2.05) is 4.90 Å². The summed E-state index contributed by atoms with van der Waals surface area (Å²) in [7, 11) is -3.52. The highest BCUT2D eigenvalue weighted by molar-refractivity contribution is 7.89. The molecule has 116 valence electrons. The van der Waals surface area contributed by atoms with Crippen LogP contribution in [0.4, 0.5) is 5.69 Å². The van der Waals surface area contributed by atoms with Crippen LogP contribution in [0.5, 0.6) is 0 Å². The molecule has 3 heterocycles. The van der Waals surface area contributed by atoms with E-state index >= 15 is 0 Å². The number of anilines is 1. The summed E-state index contributed by atoms with van der Waals surface area (Å²) >= 11 is 6.27. The first-order chi connectivity index (χ1) is 10.1. The zero-order chi connectivity index (χ0) is 14.9. The van der Waals surface area contributed by atoms with E-state index in [-0.39, 0.29) is 4.90 Å². The number of aromatic nitrogens is 1. The van der Waals surface area contributed by atoms with Crippen LogP contribution in [0.3, 0.4) is 0 Å². The largest absolute Gasteiger partial charge is 0.367 e. The summed E-state index contributed by atoms with van der Waals surface area (Å²) in [6.07, 6.45) is 4.77. The molecule has 0 unspecified atom stereocenters. The summed E-state index contributed by atoms with van der Waals surface area (Å²) in [6.45, 7) is 4.29. The molecular formula is C13H19ClN4O2S. The summed E-state index contributed by atoms with van der Waals surface area (Å²) in [5, 5.41) is 3.66. The molecule has 0 radical (unpaired) electrons. The topological polar surface area (TPSA) is 65.5 Å². The van der Waals surface area contributed by atoms with Crippen LogP contribution in [0.25, 0.3) is 0 Å². The van der Waals surface area contributed by atoms with Crippen molar-refractivity contribution < 1.29 is 8.42 Å². The van der Waals surface area contributed by atoms with E-state index in [0.717, 1.165) is 39.0 Å². The Labute approximate surface area is 130 Å². The summed E-state index contributed by atoms with van der Waals surface area (Å²) in [6, 6.07) is 0. The Kier molecular flexibility index (Phi) is 4.35. The molecule has 0 atom stereocenters. The summed E-state index contributed by atoms with van der Waals surface area (Å²) in [5.74, 6) is 0. The first-order valence-electron chi connectivity index (χ1n) is 7.20. The summed E-state index contributed by atoms with van der Waals surface area (Å²) < 4.78 is 27.2. The lowest BCUT2D eigenvalue weighted by Crippen LogP contribution is -2.44. The SMILES string of the molecule is O=S(=O)(c1cncc(Cl)c1N1CCNCC1)N1CCCC1. The molecule has 3 rings (SSSR count). The molecule has 1 aromatic heterocycles. The smallest absolute Gasteiger partial charge is 0.246 e. The Morgan fingerprint density at radius 1 is 1.10 bits per heavy atom. The number of pyridine rings is 1. The van der Waals surface area contributed by atoms with Crippen LogP contribution in [0.15, 0.2) is 17.3 Å². The quantitative estimate of drug-likeness (QED) is 0.893. The van der Waals surface area contributed by atoms with Crippen molar-refractivity contribution in [3.63, 3.8) is 0 Å². The Hall–Kier alpha value is -0.890. The lowest BCUT2D eigenvalue weighted by Gasteiger charge is -2.32. The maximum Gasteiger partial charge on any atom is 0.246 e. The maximum absolute atomic E-state index is 12.8. The summed E-state index contributed by atoms with van der Waals surface area (Å²) in [4.78, 5) is 6.26. The number of halogens is 1. The van der Waals surface area contributed by atoms with Crippen molar-refractivity contribution in [2.75, 3.05) is 44.2 Å². The van der Waals surface area contributed by atoms with Gasteiger partial charge in [0.1, 0.15) is 4.90 Å². The molecule has 8 heteroatoms. The van der Waals surface area contributed by atoms with Gasteiger partial charge in [-0.15, -0.1) is 0 Å². The molecule has 2 fully saturated rings. The van der Waals surface area contributed by atoms with Crippen LogP contribution >= 0.6 is 11.6 Å². The number of piperazine rings is 1. The number of hydrogen-bond acceptors (Lipinski definition) is 5. The van der Waals surface area contributed by atoms with Gasteiger partial charge in [-0.25, -0.2) is 8.42 Å². The predicted molar refractivity (Wildman–Crippen MR) is 82.3 cm³/mol. The molecule has 21 heavy (non-hydrogen) atoms. The molecule has 0 aromatic carbocycles. The van der Waals surface area contributed by atoms with Gasteiger partial charge >= 0.3 is 0 Å². The van der Waals surface area contributed by atoms with Gasteiger partial charge in [0.2, 0.25) is 10.0 Å². The van der Waals surface area contributed by atoms with Crippen LogP contribution in [0, 0.1) is 0 Å². The molecule has 2 aliphatic rings. The molecule has 0 amide bonds. The van der Waals surface area contributed by atoms with Crippen LogP contribution in [0.1, 0.15) is 12.8 Å². The first-order valence-corrected chi connectivity index (χ1v) is 9.02. The number of rotatable bonds is 3. The normalized spacial score (nSPS) is 20.9. The van der Waals surface area contributed by atoms with Crippen molar-refractivity contribution >= 4 is 27.3 Å². The number of sulfonamides is 1. The van der Waals surface area contributed by atoms with Crippen molar-refractivity contribution in [2.24, 2.45) is 0 Å². The second kappa shape index (κ2) is 6.08. The third-order valence-corrected chi connectivity index (χ3v) is 6.13. The Morgan fingerprint density at radius 2 is 1.76 bits per heavy atom. The Morgan fingerprint density at radius 3 is 2.43 bits per heavy atom. The van der Waals surface area contributed by atoms with Crippen LogP contribution in [0.2, 0.25) is 5.02 Å². The molecule has 6 nitrogen and oxygen atoms in total. The highest BCUT2D eigenvalue weighted by Crippen LogP contribution is 2.34. The molecule has 0 bridgehead atoms. The average molecular weight is 331 g/mol. The number of nitrogens with one attached hydrogen (secondary N) is 1. The van der Waals surface area contributed by atoms with Gasteiger partial charge in [-0.1, -0.05) is 11.6 Å². The number of nitrogens with zero attached hydrogens (tertiary/aromatic N) is 3. The van der Waals surface area contributed by atoms with Crippen molar-refractivity contribution in [3.8, 4) is 0 Å². The molecule has 0 spiro atoms. The predicted octanol–water partition coefficient (Wildman–Crippen LogP) is 0.929. The summed E-state index contributed by atoms with van der Waals surface area (Å²) in [5.41, 5.74) is 0.597. The van der Waals surface area contributed by atoms with Gasteiger partial charge in [0, 0.05) is 51.7 Å². The molecule has 1 N–H and O–H groups in total. The molecule has 1 aromatic rings.